The van der Waals surface area contributed by atoms with Crippen LogP contribution in [0.1, 0.15) is 18.7 Å². The predicted molar refractivity (Wildman–Crippen MR) is 45.6 cm³/mol. The number of aldehydes is 1. The van der Waals surface area contributed by atoms with Gasteiger partial charge in [-0.25, -0.2) is 9.13 Å². The SMILES string of the molecule is Cn1cc[n+](C)c1CCCC=O. The molecule has 0 aliphatic carbocycles. The second-order valence-corrected chi connectivity index (χ2v) is 3.00. The third kappa shape index (κ3) is 1.94. The molecule has 1 heterocycles. The molecular formula is C9H15N2O+. The van der Waals surface area contributed by atoms with Crippen molar-refractivity contribution in [1.82, 2.24) is 4.57 Å². The summed E-state index contributed by atoms with van der Waals surface area (Å²) in [6.45, 7) is 0. The lowest BCUT2D eigenvalue weighted by Crippen LogP contribution is -2.31. The molecule has 0 spiro atoms. The number of hydrogen-bond acceptors (Lipinski definition) is 1. The van der Waals surface area contributed by atoms with Gasteiger partial charge >= 0.3 is 0 Å². The second-order valence-electron chi connectivity index (χ2n) is 3.00. The van der Waals surface area contributed by atoms with E-state index in [1.54, 1.807) is 0 Å². The molecule has 1 rings (SSSR count). The highest BCUT2D eigenvalue weighted by Gasteiger charge is 2.09. The van der Waals surface area contributed by atoms with Crippen LogP contribution in [0.3, 0.4) is 0 Å². The molecule has 1 aromatic rings. The summed E-state index contributed by atoms with van der Waals surface area (Å²) in [7, 11) is 4.05. The van der Waals surface area contributed by atoms with Crippen LogP contribution in [0.15, 0.2) is 12.4 Å². The maximum absolute atomic E-state index is 10.1. The Balaban J connectivity index is 2.55. The third-order valence-corrected chi connectivity index (χ3v) is 2.05. The van der Waals surface area contributed by atoms with Crippen LogP contribution in [0, 0.1) is 0 Å². The fraction of sp³-hybridized carbons (Fsp3) is 0.556. The molecule has 0 aromatic carbocycles. The molecule has 0 saturated carbocycles. The van der Waals surface area contributed by atoms with Crippen molar-refractivity contribution in [2.75, 3.05) is 0 Å². The molecule has 1 aromatic heterocycles. The van der Waals surface area contributed by atoms with Crippen LogP contribution >= 0.6 is 0 Å². The lowest BCUT2D eigenvalue weighted by Gasteiger charge is -1.95. The minimum Gasteiger partial charge on any atom is -0.303 e. The Morgan fingerprint density at radius 2 is 2.42 bits per heavy atom. The maximum atomic E-state index is 10.1. The van der Waals surface area contributed by atoms with Gasteiger partial charge in [0.15, 0.2) is 0 Å². The molecule has 0 amide bonds. The van der Waals surface area contributed by atoms with E-state index in [0.717, 1.165) is 19.1 Å². The van der Waals surface area contributed by atoms with Gasteiger partial charge in [-0.3, -0.25) is 0 Å². The topological polar surface area (TPSA) is 25.9 Å². The number of imidazole rings is 1. The van der Waals surface area contributed by atoms with E-state index in [4.69, 9.17) is 0 Å². The Bertz CT molecular complexity index is 246. The zero-order valence-electron chi connectivity index (χ0n) is 7.66. The Kier molecular flexibility index (Phi) is 3.02. The first-order valence-corrected chi connectivity index (χ1v) is 4.19. The van der Waals surface area contributed by atoms with Crippen molar-refractivity contribution in [3.63, 3.8) is 0 Å². The average molecular weight is 167 g/mol. The Morgan fingerprint density at radius 1 is 1.67 bits per heavy atom. The molecule has 3 nitrogen and oxygen atoms in total. The van der Waals surface area contributed by atoms with Crippen molar-refractivity contribution in [2.24, 2.45) is 14.1 Å². The van der Waals surface area contributed by atoms with Gasteiger partial charge in [0.25, 0.3) is 5.82 Å². The van der Waals surface area contributed by atoms with Crippen LogP contribution in [-0.2, 0) is 25.3 Å². The summed E-state index contributed by atoms with van der Waals surface area (Å²) in [5.41, 5.74) is 0. The summed E-state index contributed by atoms with van der Waals surface area (Å²) in [5.74, 6) is 1.26. The van der Waals surface area contributed by atoms with Gasteiger partial charge in [-0.15, -0.1) is 0 Å². The number of hydrogen-bond donors (Lipinski definition) is 0. The van der Waals surface area contributed by atoms with Crippen LogP contribution in [0.4, 0.5) is 0 Å². The molecular weight excluding hydrogens is 152 g/mol. The number of nitrogens with zero attached hydrogens (tertiary/aromatic N) is 2. The van der Waals surface area contributed by atoms with E-state index < -0.39 is 0 Å². The smallest absolute Gasteiger partial charge is 0.255 e. The Labute approximate surface area is 72.6 Å². The normalized spacial score (nSPS) is 10.2. The van der Waals surface area contributed by atoms with Crippen molar-refractivity contribution in [3.05, 3.63) is 18.2 Å². The molecule has 12 heavy (non-hydrogen) atoms. The van der Waals surface area contributed by atoms with E-state index >= 15 is 0 Å². The molecule has 0 N–H and O–H groups in total. The third-order valence-electron chi connectivity index (χ3n) is 2.05. The van der Waals surface area contributed by atoms with Gasteiger partial charge in [0.05, 0.1) is 14.1 Å². The molecule has 0 bridgehead atoms. The highest BCUT2D eigenvalue weighted by Crippen LogP contribution is 1.97. The number of aromatic nitrogens is 2. The van der Waals surface area contributed by atoms with Crippen molar-refractivity contribution in [2.45, 2.75) is 19.3 Å². The van der Waals surface area contributed by atoms with Gasteiger partial charge in [0, 0.05) is 12.8 Å². The van der Waals surface area contributed by atoms with Gasteiger partial charge < -0.3 is 4.79 Å². The average Bonchev–Trinajstić information content (AvgIpc) is 2.35. The Morgan fingerprint density at radius 3 is 2.92 bits per heavy atom. The van der Waals surface area contributed by atoms with Crippen molar-refractivity contribution >= 4 is 6.29 Å². The first kappa shape index (κ1) is 8.97. The van der Waals surface area contributed by atoms with E-state index in [2.05, 4.69) is 9.13 Å². The molecule has 0 saturated heterocycles. The highest BCUT2D eigenvalue weighted by atomic mass is 16.1. The molecule has 66 valence electrons. The number of carbonyl (C=O) groups is 1. The van der Waals surface area contributed by atoms with Gasteiger partial charge in [-0.05, 0) is 6.42 Å². The van der Waals surface area contributed by atoms with E-state index in [1.165, 1.54) is 5.82 Å². The van der Waals surface area contributed by atoms with Gasteiger partial charge in [-0.2, -0.15) is 0 Å². The summed E-state index contributed by atoms with van der Waals surface area (Å²) >= 11 is 0. The fourth-order valence-electron chi connectivity index (χ4n) is 1.32. The van der Waals surface area contributed by atoms with Crippen molar-refractivity contribution in [3.8, 4) is 0 Å². The number of aryl methyl sites for hydroxylation is 2. The lowest BCUT2D eigenvalue weighted by atomic mass is 10.2. The predicted octanol–water partition coefficient (Wildman–Crippen LogP) is 0.371. The molecule has 0 radical (unpaired) electrons. The van der Waals surface area contributed by atoms with E-state index in [9.17, 15) is 4.79 Å². The van der Waals surface area contributed by atoms with Crippen LogP contribution in [0.25, 0.3) is 0 Å². The number of rotatable bonds is 4. The summed E-state index contributed by atoms with van der Waals surface area (Å²) in [6.07, 6.45) is 7.59. The van der Waals surface area contributed by atoms with Crippen molar-refractivity contribution in [1.29, 1.82) is 0 Å². The van der Waals surface area contributed by atoms with E-state index in [-0.39, 0.29) is 0 Å². The minimum atomic E-state index is 0.658. The van der Waals surface area contributed by atoms with Gasteiger partial charge in [-0.1, -0.05) is 0 Å². The zero-order valence-corrected chi connectivity index (χ0v) is 7.66. The highest BCUT2D eigenvalue weighted by molar-refractivity contribution is 5.49. The maximum Gasteiger partial charge on any atom is 0.255 e. The quantitative estimate of drug-likeness (QED) is 0.361. The standard InChI is InChI=1S/C9H15N2O/c1-10-6-7-11(2)9(10)5-3-4-8-12/h6-8H,3-5H2,1-2H3/q+1. The molecule has 0 atom stereocenters. The summed E-state index contributed by atoms with van der Waals surface area (Å²) in [6, 6.07) is 0. The molecule has 0 unspecified atom stereocenters. The van der Waals surface area contributed by atoms with E-state index in [1.807, 2.05) is 26.5 Å². The number of carbonyl (C=O) groups excluding carboxylic acids is 1. The second kappa shape index (κ2) is 4.04. The lowest BCUT2D eigenvalue weighted by molar-refractivity contribution is -0.678. The first-order chi connectivity index (χ1) is 5.75. The van der Waals surface area contributed by atoms with Crippen LogP contribution in [0.5, 0.6) is 0 Å². The molecule has 0 fully saturated rings. The Hall–Kier alpha value is -1.12. The first-order valence-electron chi connectivity index (χ1n) is 4.19. The van der Waals surface area contributed by atoms with Crippen LogP contribution < -0.4 is 4.57 Å². The fourth-order valence-corrected chi connectivity index (χ4v) is 1.32. The summed E-state index contributed by atoms with van der Waals surface area (Å²) in [4.78, 5) is 10.1. The molecule has 0 aliphatic heterocycles. The van der Waals surface area contributed by atoms with Crippen LogP contribution in [-0.4, -0.2) is 10.9 Å². The summed E-state index contributed by atoms with van der Waals surface area (Å²) < 4.78 is 4.18. The minimum absolute atomic E-state index is 0.658. The van der Waals surface area contributed by atoms with Crippen molar-refractivity contribution < 1.29 is 9.36 Å². The summed E-state index contributed by atoms with van der Waals surface area (Å²) in [5, 5.41) is 0. The van der Waals surface area contributed by atoms with E-state index in [0.29, 0.717) is 6.42 Å². The van der Waals surface area contributed by atoms with Crippen LogP contribution in [0.2, 0.25) is 0 Å². The monoisotopic (exact) mass is 167 g/mol. The van der Waals surface area contributed by atoms with Gasteiger partial charge in [0.1, 0.15) is 18.7 Å². The largest absolute Gasteiger partial charge is 0.303 e. The number of unbranched alkanes of at least 4 members (excludes halogenated alkanes) is 1. The van der Waals surface area contributed by atoms with Gasteiger partial charge in [0.2, 0.25) is 0 Å². The zero-order chi connectivity index (χ0) is 8.97. The molecule has 3 heteroatoms. The molecule has 0 aliphatic rings.